The SMILES string of the molecule is Cc1ccc(C(=O)Nc2cnn(C)c2C(=O)Nc2cnn(C)c2C)c(C)c1. The Morgan fingerprint density at radius 3 is 2.15 bits per heavy atom. The van der Waals surface area contributed by atoms with E-state index < -0.39 is 0 Å². The predicted molar refractivity (Wildman–Crippen MR) is 103 cm³/mol. The van der Waals surface area contributed by atoms with E-state index in [1.54, 1.807) is 31.0 Å². The normalized spacial score (nSPS) is 10.7. The van der Waals surface area contributed by atoms with Gasteiger partial charge in [0.05, 0.1) is 29.5 Å². The highest BCUT2D eigenvalue weighted by Crippen LogP contribution is 2.20. The van der Waals surface area contributed by atoms with E-state index in [4.69, 9.17) is 0 Å². The Balaban J connectivity index is 1.85. The van der Waals surface area contributed by atoms with Crippen molar-refractivity contribution in [3.8, 4) is 0 Å². The number of nitrogens with zero attached hydrogens (tertiary/aromatic N) is 4. The highest BCUT2D eigenvalue weighted by Gasteiger charge is 2.21. The Bertz CT molecular complexity index is 1030. The Morgan fingerprint density at radius 2 is 1.52 bits per heavy atom. The van der Waals surface area contributed by atoms with E-state index in [9.17, 15) is 9.59 Å². The van der Waals surface area contributed by atoms with E-state index in [0.29, 0.717) is 16.9 Å². The maximum Gasteiger partial charge on any atom is 0.276 e. The third kappa shape index (κ3) is 3.59. The van der Waals surface area contributed by atoms with E-state index in [1.807, 2.05) is 32.9 Å². The average molecular weight is 366 g/mol. The summed E-state index contributed by atoms with van der Waals surface area (Å²) in [6.07, 6.45) is 3.05. The Hall–Kier alpha value is -3.42. The molecule has 8 heteroatoms. The number of benzene rings is 1. The quantitative estimate of drug-likeness (QED) is 0.742. The lowest BCUT2D eigenvalue weighted by Crippen LogP contribution is -2.20. The van der Waals surface area contributed by atoms with Crippen molar-refractivity contribution in [2.75, 3.05) is 10.6 Å². The lowest BCUT2D eigenvalue weighted by molar-refractivity contribution is 0.101. The van der Waals surface area contributed by atoms with E-state index in [-0.39, 0.29) is 17.5 Å². The summed E-state index contributed by atoms with van der Waals surface area (Å²) in [5.74, 6) is -0.658. The molecule has 1 aromatic carbocycles. The van der Waals surface area contributed by atoms with E-state index >= 15 is 0 Å². The highest BCUT2D eigenvalue weighted by molar-refractivity contribution is 6.12. The molecule has 0 aliphatic rings. The molecule has 0 unspecified atom stereocenters. The molecule has 27 heavy (non-hydrogen) atoms. The summed E-state index contributed by atoms with van der Waals surface area (Å²) in [4.78, 5) is 25.4. The van der Waals surface area contributed by atoms with Crippen LogP contribution in [0.2, 0.25) is 0 Å². The first-order chi connectivity index (χ1) is 12.8. The molecule has 2 heterocycles. The first kappa shape index (κ1) is 18.4. The van der Waals surface area contributed by atoms with Crippen molar-refractivity contribution >= 4 is 23.2 Å². The van der Waals surface area contributed by atoms with Crippen LogP contribution in [0.4, 0.5) is 11.4 Å². The van der Waals surface area contributed by atoms with Gasteiger partial charge in [0.1, 0.15) is 5.69 Å². The van der Waals surface area contributed by atoms with Gasteiger partial charge in [-0.15, -0.1) is 0 Å². The summed E-state index contributed by atoms with van der Waals surface area (Å²) < 4.78 is 3.10. The van der Waals surface area contributed by atoms with Gasteiger partial charge in [0.25, 0.3) is 11.8 Å². The summed E-state index contributed by atoms with van der Waals surface area (Å²) in [5, 5.41) is 13.8. The van der Waals surface area contributed by atoms with Gasteiger partial charge in [0.2, 0.25) is 0 Å². The predicted octanol–water partition coefficient (Wildman–Crippen LogP) is 2.58. The Kier molecular flexibility index (Phi) is 4.81. The summed E-state index contributed by atoms with van der Waals surface area (Å²) in [7, 11) is 3.45. The number of aromatic nitrogens is 4. The summed E-state index contributed by atoms with van der Waals surface area (Å²) in [6.45, 7) is 5.71. The van der Waals surface area contributed by atoms with Crippen molar-refractivity contribution < 1.29 is 9.59 Å². The van der Waals surface area contributed by atoms with Gasteiger partial charge in [-0.2, -0.15) is 10.2 Å². The maximum atomic E-state index is 12.7. The zero-order chi connectivity index (χ0) is 19.7. The molecule has 3 aromatic rings. The summed E-state index contributed by atoms with van der Waals surface area (Å²) in [5.41, 5.74) is 4.55. The van der Waals surface area contributed by atoms with E-state index in [2.05, 4.69) is 20.8 Å². The molecule has 0 bridgehead atoms. The van der Waals surface area contributed by atoms with Crippen LogP contribution < -0.4 is 10.6 Å². The van der Waals surface area contributed by atoms with Crippen LogP contribution in [0.15, 0.2) is 30.6 Å². The second kappa shape index (κ2) is 7.06. The number of anilines is 2. The molecule has 0 atom stereocenters. The molecule has 8 nitrogen and oxygen atoms in total. The molecule has 0 spiro atoms. The largest absolute Gasteiger partial charge is 0.319 e. The fourth-order valence-corrected chi connectivity index (χ4v) is 2.86. The van der Waals surface area contributed by atoms with Gasteiger partial charge in [-0.3, -0.25) is 19.0 Å². The lowest BCUT2D eigenvalue weighted by atomic mass is 10.1. The molecule has 140 valence electrons. The fourth-order valence-electron chi connectivity index (χ4n) is 2.86. The minimum atomic E-state index is -0.373. The van der Waals surface area contributed by atoms with Crippen molar-refractivity contribution in [3.63, 3.8) is 0 Å². The van der Waals surface area contributed by atoms with E-state index in [1.165, 1.54) is 10.9 Å². The Labute approximate surface area is 157 Å². The molecule has 0 saturated carbocycles. The van der Waals surface area contributed by atoms with Crippen LogP contribution in [-0.2, 0) is 14.1 Å². The number of amides is 2. The molecule has 2 amide bonds. The van der Waals surface area contributed by atoms with Gasteiger partial charge < -0.3 is 10.6 Å². The third-order valence-corrected chi connectivity index (χ3v) is 4.51. The van der Waals surface area contributed by atoms with Crippen LogP contribution in [0.5, 0.6) is 0 Å². The number of carbonyl (C=O) groups is 2. The van der Waals surface area contributed by atoms with Gasteiger partial charge in [-0.1, -0.05) is 17.7 Å². The van der Waals surface area contributed by atoms with Crippen LogP contribution in [0.3, 0.4) is 0 Å². The van der Waals surface area contributed by atoms with Crippen molar-refractivity contribution in [1.82, 2.24) is 19.6 Å². The van der Waals surface area contributed by atoms with E-state index in [0.717, 1.165) is 16.8 Å². The number of nitrogens with one attached hydrogen (secondary N) is 2. The van der Waals surface area contributed by atoms with Gasteiger partial charge in [-0.05, 0) is 32.4 Å². The number of hydrogen-bond acceptors (Lipinski definition) is 4. The van der Waals surface area contributed by atoms with Crippen molar-refractivity contribution in [3.05, 3.63) is 58.7 Å². The van der Waals surface area contributed by atoms with Crippen LogP contribution in [-0.4, -0.2) is 31.4 Å². The maximum absolute atomic E-state index is 12.7. The molecule has 3 rings (SSSR count). The summed E-state index contributed by atoms with van der Waals surface area (Å²) in [6, 6.07) is 5.59. The molecular formula is C19H22N6O2. The molecule has 0 aliphatic carbocycles. The van der Waals surface area contributed by atoms with Gasteiger partial charge in [-0.25, -0.2) is 0 Å². The standard InChI is InChI=1S/C19H22N6O2/c1-11-6-7-14(12(2)8-11)18(26)23-16-10-21-25(5)17(16)19(27)22-15-9-20-24(4)13(15)3/h6-10H,1-5H3,(H,22,27)(H,23,26). The second-order valence-electron chi connectivity index (χ2n) is 6.52. The molecule has 2 N–H and O–H groups in total. The fraction of sp³-hybridized carbons (Fsp3) is 0.263. The molecule has 0 radical (unpaired) electrons. The number of aryl methyl sites for hydroxylation is 4. The average Bonchev–Trinajstić information content (AvgIpc) is 3.11. The number of carbonyl (C=O) groups excluding carboxylic acids is 2. The van der Waals surface area contributed by atoms with Crippen molar-refractivity contribution in [1.29, 1.82) is 0 Å². The zero-order valence-corrected chi connectivity index (χ0v) is 16.0. The topological polar surface area (TPSA) is 93.8 Å². The first-order valence-corrected chi connectivity index (χ1v) is 8.48. The third-order valence-electron chi connectivity index (χ3n) is 4.51. The van der Waals surface area contributed by atoms with Crippen LogP contribution >= 0.6 is 0 Å². The van der Waals surface area contributed by atoms with Gasteiger partial charge >= 0.3 is 0 Å². The zero-order valence-electron chi connectivity index (χ0n) is 16.0. The van der Waals surface area contributed by atoms with Gasteiger partial charge in [0, 0.05) is 19.7 Å². The van der Waals surface area contributed by atoms with Crippen LogP contribution in [0.25, 0.3) is 0 Å². The number of rotatable bonds is 4. The smallest absolute Gasteiger partial charge is 0.276 e. The summed E-state index contributed by atoms with van der Waals surface area (Å²) >= 11 is 0. The van der Waals surface area contributed by atoms with Crippen LogP contribution in [0, 0.1) is 20.8 Å². The van der Waals surface area contributed by atoms with Crippen LogP contribution in [0.1, 0.15) is 37.7 Å². The molecule has 0 aliphatic heterocycles. The molecule has 0 saturated heterocycles. The highest BCUT2D eigenvalue weighted by atomic mass is 16.2. The second-order valence-corrected chi connectivity index (χ2v) is 6.52. The first-order valence-electron chi connectivity index (χ1n) is 8.48. The monoisotopic (exact) mass is 366 g/mol. The molecule has 0 fully saturated rings. The lowest BCUT2D eigenvalue weighted by Gasteiger charge is -2.10. The molecule has 2 aromatic heterocycles. The molecular weight excluding hydrogens is 344 g/mol. The van der Waals surface area contributed by atoms with Crippen molar-refractivity contribution in [2.45, 2.75) is 20.8 Å². The van der Waals surface area contributed by atoms with Crippen molar-refractivity contribution in [2.24, 2.45) is 14.1 Å². The Morgan fingerprint density at radius 1 is 0.889 bits per heavy atom. The minimum absolute atomic E-state index is 0.261. The van der Waals surface area contributed by atoms with Gasteiger partial charge in [0.15, 0.2) is 0 Å². The minimum Gasteiger partial charge on any atom is -0.319 e. The number of hydrogen-bond donors (Lipinski definition) is 2.